The van der Waals surface area contributed by atoms with Gasteiger partial charge in [-0.1, -0.05) is 35.9 Å². The molecule has 0 radical (unpaired) electrons. The van der Waals surface area contributed by atoms with Crippen molar-refractivity contribution in [2.24, 2.45) is 0 Å². The molecule has 0 unspecified atom stereocenters. The lowest BCUT2D eigenvalue weighted by Crippen LogP contribution is -2.35. The van der Waals surface area contributed by atoms with Gasteiger partial charge in [0, 0.05) is 42.5 Å². The minimum absolute atomic E-state index is 0.00785. The number of anilines is 3. The van der Waals surface area contributed by atoms with Crippen LogP contribution in [0.2, 0.25) is 5.02 Å². The van der Waals surface area contributed by atoms with Crippen molar-refractivity contribution >= 4 is 40.7 Å². The Hall–Kier alpha value is -3.58. The first kappa shape index (κ1) is 22.6. The van der Waals surface area contributed by atoms with E-state index in [4.69, 9.17) is 11.6 Å². The maximum absolute atomic E-state index is 12.8. The molecule has 3 amide bonds. The Morgan fingerprint density at radius 2 is 1.79 bits per heavy atom. The second-order valence-electron chi connectivity index (χ2n) is 7.94. The van der Waals surface area contributed by atoms with Crippen LogP contribution >= 0.6 is 11.6 Å². The van der Waals surface area contributed by atoms with Crippen LogP contribution in [-0.2, 0) is 0 Å². The molecule has 0 atom stereocenters. The van der Waals surface area contributed by atoms with E-state index in [1.54, 1.807) is 30.5 Å². The van der Waals surface area contributed by atoms with E-state index in [1.165, 1.54) is 0 Å². The number of urea groups is 1. The van der Waals surface area contributed by atoms with E-state index in [2.05, 4.69) is 20.5 Å². The van der Waals surface area contributed by atoms with Crippen molar-refractivity contribution in [3.8, 4) is 0 Å². The fourth-order valence-electron chi connectivity index (χ4n) is 3.80. The lowest BCUT2D eigenvalue weighted by molar-refractivity contribution is 0.0767. The summed E-state index contributed by atoms with van der Waals surface area (Å²) in [6.07, 6.45) is 2.49. The van der Waals surface area contributed by atoms with Crippen LogP contribution in [0.3, 0.4) is 0 Å². The number of rotatable bonds is 4. The zero-order valence-electron chi connectivity index (χ0n) is 18.4. The number of pyridine rings is 1. The molecule has 2 N–H and O–H groups in total. The number of nitrogens with one attached hydrogen (secondary N) is 2. The van der Waals surface area contributed by atoms with Crippen molar-refractivity contribution in [3.63, 3.8) is 0 Å². The predicted octanol–water partition coefficient (Wildman–Crippen LogP) is 5.04. The summed E-state index contributed by atoms with van der Waals surface area (Å²) >= 11 is 6.04. The number of hydrogen-bond donors (Lipinski definition) is 2. The van der Waals surface area contributed by atoms with Gasteiger partial charge in [-0.3, -0.25) is 4.79 Å². The van der Waals surface area contributed by atoms with Crippen LogP contribution in [0.5, 0.6) is 0 Å². The molecule has 0 aliphatic carbocycles. The van der Waals surface area contributed by atoms with Crippen LogP contribution in [0.15, 0.2) is 66.9 Å². The minimum Gasteiger partial charge on any atom is -0.355 e. The third kappa shape index (κ3) is 5.81. The molecule has 1 fully saturated rings. The Morgan fingerprint density at radius 3 is 2.55 bits per heavy atom. The molecule has 170 valence electrons. The van der Waals surface area contributed by atoms with Gasteiger partial charge < -0.3 is 20.4 Å². The van der Waals surface area contributed by atoms with Gasteiger partial charge in [-0.2, -0.15) is 0 Å². The molecule has 1 aromatic heterocycles. The van der Waals surface area contributed by atoms with Crippen molar-refractivity contribution < 1.29 is 9.59 Å². The van der Waals surface area contributed by atoms with Crippen LogP contribution in [0.1, 0.15) is 22.3 Å². The number of benzene rings is 2. The molecule has 0 spiro atoms. The molecular formula is C25H26ClN5O2. The topological polar surface area (TPSA) is 77.6 Å². The van der Waals surface area contributed by atoms with Crippen LogP contribution in [0, 0.1) is 6.92 Å². The first-order valence-electron chi connectivity index (χ1n) is 10.9. The summed E-state index contributed by atoms with van der Waals surface area (Å²) < 4.78 is 0. The van der Waals surface area contributed by atoms with E-state index >= 15 is 0 Å². The zero-order chi connectivity index (χ0) is 23.2. The zero-order valence-corrected chi connectivity index (χ0v) is 19.2. The molecule has 0 bridgehead atoms. The molecule has 1 aliphatic heterocycles. The van der Waals surface area contributed by atoms with Gasteiger partial charge in [0.15, 0.2) is 0 Å². The molecule has 2 aromatic carbocycles. The Balaban J connectivity index is 1.34. The number of aromatic nitrogens is 1. The molecule has 1 aliphatic rings. The van der Waals surface area contributed by atoms with Crippen LogP contribution < -0.4 is 15.5 Å². The maximum Gasteiger partial charge on any atom is 0.323 e. The highest BCUT2D eigenvalue weighted by atomic mass is 35.5. The highest BCUT2D eigenvalue weighted by molar-refractivity contribution is 6.30. The summed E-state index contributed by atoms with van der Waals surface area (Å²) in [6.45, 7) is 4.70. The fraction of sp³-hybridized carbons (Fsp3) is 0.240. The molecule has 2 heterocycles. The van der Waals surface area contributed by atoms with Crippen LogP contribution in [0.4, 0.5) is 22.0 Å². The van der Waals surface area contributed by atoms with E-state index in [0.29, 0.717) is 35.9 Å². The normalized spacial score (nSPS) is 13.9. The summed E-state index contributed by atoms with van der Waals surface area (Å²) in [6, 6.07) is 18.1. The third-order valence-electron chi connectivity index (χ3n) is 5.58. The Bertz CT molecular complexity index is 1140. The number of halogens is 1. The first-order chi connectivity index (χ1) is 16.0. The number of aryl methyl sites for hydroxylation is 1. The van der Waals surface area contributed by atoms with E-state index in [-0.39, 0.29) is 11.9 Å². The molecule has 3 aromatic rings. The van der Waals surface area contributed by atoms with Crippen molar-refractivity contribution in [1.29, 1.82) is 0 Å². The second-order valence-corrected chi connectivity index (χ2v) is 8.38. The molecule has 33 heavy (non-hydrogen) atoms. The molecular weight excluding hydrogens is 438 g/mol. The molecule has 1 saturated heterocycles. The van der Waals surface area contributed by atoms with Gasteiger partial charge in [0.2, 0.25) is 0 Å². The number of amides is 3. The van der Waals surface area contributed by atoms with Gasteiger partial charge in [-0.15, -0.1) is 0 Å². The van der Waals surface area contributed by atoms with Gasteiger partial charge in [-0.25, -0.2) is 9.78 Å². The number of hydrogen-bond acceptors (Lipinski definition) is 4. The highest BCUT2D eigenvalue weighted by Crippen LogP contribution is 2.19. The standard InChI is InChI=1S/C25H26ClN5O2/c1-18-6-2-3-9-22(18)29-25(33)28-21-10-11-23(27-17-21)30-12-5-13-31(15-14-30)24(32)19-7-4-8-20(26)16-19/h2-4,6-11,16-17H,5,12-15H2,1H3,(H2,28,29,33). The van der Waals surface area contributed by atoms with Crippen molar-refractivity contribution in [2.45, 2.75) is 13.3 Å². The average Bonchev–Trinajstić information content (AvgIpc) is 3.07. The number of carbonyl (C=O) groups excluding carboxylic acids is 2. The summed E-state index contributed by atoms with van der Waals surface area (Å²) in [5.74, 6) is 0.809. The number of para-hydroxylation sites is 1. The quantitative estimate of drug-likeness (QED) is 0.568. The lowest BCUT2D eigenvalue weighted by Gasteiger charge is -2.23. The Kier molecular flexibility index (Phi) is 7.10. The monoisotopic (exact) mass is 463 g/mol. The van der Waals surface area contributed by atoms with E-state index in [1.807, 2.05) is 48.2 Å². The predicted molar refractivity (Wildman–Crippen MR) is 132 cm³/mol. The third-order valence-corrected chi connectivity index (χ3v) is 5.81. The SMILES string of the molecule is Cc1ccccc1NC(=O)Nc1ccc(N2CCCN(C(=O)c3cccc(Cl)c3)CC2)nc1. The minimum atomic E-state index is -0.316. The smallest absolute Gasteiger partial charge is 0.323 e. The lowest BCUT2D eigenvalue weighted by atomic mass is 10.2. The van der Waals surface area contributed by atoms with Crippen LogP contribution in [-0.4, -0.2) is 48.0 Å². The van der Waals surface area contributed by atoms with E-state index in [9.17, 15) is 9.59 Å². The van der Waals surface area contributed by atoms with Gasteiger partial charge >= 0.3 is 6.03 Å². The van der Waals surface area contributed by atoms with Crippen molar-refractivity contribution in [2.75, 3.05) is 41.7 Å². The summed E-state index contributed by atoms with van der Waals surface area (Å²) in [7, 11) is 0. The van der Waals surface area contributed by atoms with Crippen molar-refractivity contribution in [1.82, 2.24) is 9.88 Å². The average molecular weight is 464 g/mol. The molecule has 4 rings (SSSR count). The fourth-order valence-corrected chi connectivity index (χ4v) is 3.99. The van der Waals surface area contributed by atoms with Gasteiger partial charge in [0.05, 0.1) is 11.9 Å². The summed E-state index contributed by atoms with van der Waals surface area (Å²) in [4.78, 5) is 33.7. The molecule has 8 heteroatoms. The molecule has 0 saturated carbocycles. The van der Waals surface area contributed by atoms with Crippen molar-refractivity contribution in [3.05, 3.63) is 83.0 Å². The first-order valence-corrected chi connectivity index (χ1v) is 11.3. The second kappa shape index (κ2) is 10.4. The van der Waals surface area contributed by atoms with Gasteiger partial charge in [0.1, 0.15) is 5.82 Å². The summed E-state index contributed by atoms with van der Waals surface area (Å²) in [5.41, 5.74) is 2.97. The highest BCUT2D eigenvalue weighted by Gasteiger charge is 2.21. The van der Waals surface area contributed by atoms with Gasteiger partial charge in [0.25, 0.3) is 5.91 Å². The van der Waals surface area contributed by atoms with Gasteiger partial charge in [-0.05, 0) is 55.3 Å². The molecule has 7 nitrogen and oxygen atoms in total. The Morgan fingerprint density at radius 1 is 0.939 bits per heavy atom. The summed E-state index contributed by atoms with van der Waals surface area (Å²) in [5, 5.41) is 6.21. The largest absolute Gasteiger partial charge is 0.355 e. The van der Waals surface area contributed by atoms with E-state index < -0.39 is 0 Å². The number of nitrogens with zero attached hydrogens (tertiary/aromatic N) is 3. The number of carbonyl (C=O) groups is 2. The Labute approximate surface area is 198 Å². The van der Waals surface area contributed by atoms with Crippen LogP contribution in [0.25, 0.3) is 0 Å². The van der Waals surface area contributed by atoms with E-state index in [0.717, 1.165) is 30.0 Å². The maximum atomic E-state index is 12.8.